The molecule has 200 valence electrons. The molecule has 8 nitrogen and oxygen atoms in total. The Kier molecular flexibility index (Phi) is 8.36. The predicted octanol–water partition coefficient (Wildman–Crippen LogP) is 4.11. The lowest BCUT2D eigenvalue weighted by Gasteiger charge is -2.33. The van der Waals surface area contributed by atoms with E-state index in [1.807, 2.05) is 4.90 Å². The van der Waals surface area contributed by atoms with E-state index in [1.165, 1.54) is 30.3 Å². The number of carbonyl (C=O) groups is 4. The summed E-state index contributed by atoms with van der Waals surface area (Å²) < 4.78 is 14.1. The van der Waals surface area contributed by atoms with Crippen LogP contribution < -0.4 is 5.32 Å². The van der Waals surface area contributed by atoms with Crippen molar-refractivity contribution in [2.45, 2.75) is 57.5 Å². The molecule has 0 aliphatic heterocycles. The molecule has 0 aromatic heterocycles. The average Bonchev–Trinajstić information content (AvgIpc) is 2.88. The minimum atomic E-state index is -1.13. The highest BCUT2D eigenvalue weighted by Gasteiger charge is 2.28. The molecule has 2 aliphatic rings. The third-order valence-electron chi connectivity index (χ3n) is 7.36. The van der Waals surface area contributed by atoms with Crippen LogP contribution in [0, 0.1) is 5.82 Å². The van der Waals surface area contributed by atoms with Gasteiger partial charge in [0.2, 0.25) is 0 Å². The maximum absolute atomic E-state index is 14.1. The maximum atomic E-state index is 14.1. The van der Waals surface area contributed by atoms with Gasteiger partial charge in [-0.15, -0.1) is 0 Å². The standard InChI is InChI=1S/C29H31FN2O6/c1-31-25-13-21(30)10-19-11-24(27(34)14-23(19)25)26(33)12-17-7-8-18(29(37)38)9-20(17)15-32(16-28(35)36)22-5-3-2-4-6-22/h7-11,13,22,31H,2-6,12,14-16H2,1H3,(H,35,36)(H,37,38). The van der Waals surface area contributed by atoms with Crippen LogP contribution in [0.25, 0.3) is 6.08 Å². The number of Topliss-reactive ketones (excluding diaryl/α,β-unsaturated/α-hetero) is 2. The van der Waals surface area contributed by atoms with Crippen LogP contribution in [0.3, 0.4) is 0 Å². The molecule has 0 heterocycles. The second-order valence-electron chi connectivity index (χ2n) is 9.91. The number of nitrogens with one attached hydrogen (secondary N) is 1. The van der Waals surface area contributed by atoms with E-state index in [9.17, 15) is 33.8 Å². The van der Waals surface area contributed by atoms with Crippen molar-refractivity contribution in [3.63, 3.8) is 0 Å². The Labute approximate surface area is 220 Å². The first-order valence-corrected chi connectivity index (χ1v) is 12.8. The number of nitrogens with zero attached hydrogens (tertiary/aromatic N) is 1. The van der Waals surface area contributed by atoms with E-state index in [0.29, 0.717) is 27.9 Å². The number of carboxylic acid groups (broad SMARTS) is 2. The summed E-state index contributed by atoms with van der Waals surface area (Å²) in [7, 11) is 1.63. The lowest BCUT2D eigenvalue weighted by atomic mass is 9.86. The molecule has 0 radical (unpaired) electrons. The Hall–Kier alpha value is -3.85. The summed E-state index contributed by atoms with van der Waals surface area (Å²) in [6, 6.07) is 7.07. The maximum Gasteiger partial charge on any atom is 0.335 e. The molecule has 9 heteroatoms. The van der Waals surface area contributed by atoms with Crippen molar-refractivity contribution in [2.24, 2.45) is 0 Å². The van der Waals surface area contributed by atoms with Crippen molar-refractivity contribution >= 4 is 35.3 Å². The van der Waals surface area contributed by atoms with Crippen molar-refractivity contribution in [1.29, 1.82) is 0 Å². The molecular weight excluding hydrogens is 491 g/mol. The van der Waals surface area contributed by atoms with Crippen molar-refractivity contribution < 1.29 is 33.8 Å². The highest BCUT2D eigenvalue weighted by atomic mass is 19.1. The van der Waals surface area contributed by atoms with E-state index in [4.69, 9.17) is 0 Å². The highest BCUT2D eigenvalue weighted by Crippen LogP contribution is 2.31. The van der Waals surface area contributed by atoms with Crippen LogP contribution in [-0.2, 0) is 33.8 Å². The Morgan fingerprint density at radius 1 is 1.05 bits per heavy atom. The van der Waals surface area contributed by atoms with Gasteiger partial charge in [0.25, 0.3) is 0 Å². The number of carboxylic acids is 2. The van der Waals surface area contributed by atoms with Crippen LogP contribution >= 0.6 is 0 Å². The lowest BCUT2D eigenvalue weighted by molar-refractivity contribution is -0.139. The first-order valence-electron chi connectivity index (χ1n) is 12.8. The molecule has 1 saturated carbocycles. The highest BCUT2D eigenvalue weighted by molar-refractivity contribution is 6.25. The number of fused-ring (bicyclic) bond motifs is 1. The normalized spacial score (nSPS) is 15.7. The van der Waals surface area contributed by atoms with Gasteiger partial charge in [-0.2, -0.15) is 0 Å². The molecule has 3 N–H and O–H groups in total. The molecule has 38 heavy (non-hydrogen) atoms. The zero-order valence-corrected chi connectivity index (χ0v) is 21.3. The molecule has 0 bridgehead atoms. The third-order valence-corrected chi connectivity index (χ3v) is 7.36. The van der Waals surface area contributed by atoms with E-state index in [2.05, 4.69) is 5.32 Å². The van der Waals surface area contributed by atoms with Gasteiger partial charge in [0, 0.05) is 38.2 Å². The molecule has 0 atom stereocenters. The van der Waals surface area contributed by atoms with E-state index < -0.39 is 23.5 Å². The van der Waals surface area contributed by atoms with Crippen LogP contribution in [0.5, 0.6) is 0 Å². The summed E-state index contributed by atoms with van der Waals surface area (Å²) in [5.74, 6) is -3.42. The van der Waals surface area contributed by atoms with Gasteiger partial charge in [-0.25, -0.2) is 9.18 Å². The smallest absolute Gasteiger partial charge is 0.335 e. The van der Waals surface area contributed by atoms with Crippen LogP contribution in [0.4, 0.5) is 10.1 Å². The Morgan fingerprint density at radius 2 is 1.79 bits per heavy atom. The summed E-state index contributed by atoms with van der Waals surface area (Å²) >= 11 is 0. The van der Waals surface area contributed by atoms with Gasteiger partial charge in [-0.1, -0.05) is 25.3 Å². The summed E-state index contributed by atoms with van der Waals surface area (Å²) in [4.78, 5) is 51.4. The number of allylic oxidation sites excluding steroid dienone is 1. The average molecular weight is 523 g/mol. The van der Waals surface area contributed by atoms with E-state index >= 15 is 0 Å². The number of rotatable bonds is 10. The Balaban J connectivity index is 1.65. The number of hydrogen-bond donors (Lipinski definition) is 3. The van der Waals surface area contributed by atoms with Gasteiger partial charge < -0.3 is 15.5 Å². The van der Waals surface area contributed by atoms with E-state index in [0.717, 1.165) is 32.1 Å². The molecule has 2 aromatic carbocycles. The molecule has 2 aliphatic carbocycles. The van der Waals surface area contributed by atoms with Crippen molar-refractivity contribution in [1.82, 2.24) is 4.90 Å². The molecule has 0 amide bonds. The fourth-order valence-electron chi connectivity index (χ4n) is 5.43. The first kappa shape index (κ1) is 27.2. The monoisotopic (exact) mass is 522 g/mol. The number of aromatic carboxylic acids is 1. The van der Waals surface area contributed by atoms with Crippen molar-refractivity contribution in [3.8, 4) is 0 Å². The second-order valence-corrected chi connectivity index (χ2v) is 9.91. The van der Waals surface area contributed by atoms with Crippen LogP contribution in [0.15, 0.2) is 35.9 Å². The number of ketones is 2. The molecule has 1 fully saturated rings. The number of hydrogen-bond acceptors (Lipinski definition) is 6. The second kappa shape index (κ2) is 11.7. The number of anilines is 1. The van der Waals surface area contributed by atoms with E-state index in [-0.39, 0.29) is 48.9 Å². The first-order chi connectivity index (χ1) is 18.2. The van der Waals surface area contributed by atoms with Gasteiger partial charge in [0.1, 0.15) is 5.82 Å². The van der Waals surface area contributed by atoms with Gasteiger partial charge in [-0.05, 0) is 65.4 Å². The number of benzene rings is 2. The molecule has 0 unspecified atom stereocenters. The van der Waals surface area contributed by atoms with Gasteiger partial charge in [0.05, 0.1) is 17.7 Å². The summed E-state index contributed by atoms with van der Waals surface area (Å²) in [6.45, 7) is -0.0254. The van der Waals surface area contributed by atoms with Gasteiger partial charge >= 0.3 is 11.9 Å². The largest absolute Gasteiger partial charge is 0.480 e. The van der Waals surface area contributed by atoms with Crippen LogP contribution in [0.2, 0.25) is 0 Å². The Bertz CT molecular complexity index is 1310. The molecule has 0 saturated heterocycles. The number of halogens is 1. The Morgan fingerprint density at radius 3 is 2.45 bits per heavy atom. The van der Waals surface area contributed by atoms with Crippen LogP contribution in [0.1, 0.15) is 64.7 Å². The molecule has 4 rings (SSSR count). The van der Waals surface area contributed by atoms with Crippen molar-refractivity contribution in [3.05, 3.63) is 69.5 Å². The number of aliphatic carboxylic acids is 1. The molecule has 2 aromatic rings. The fourth-order valence-corrected chi connectivity index (χ4v) is 5.43. The fraction of sp³-hybridized carbons (Fsp3) is 0.379. The van der Waals surface area contributed by atoms with E-state index in [1.54, 1.807) is 13.1 Å². The zero-order chi connectivity index (χ0) is 27.4. The molecule has 0 spiro atoms. The number of carbonyl (C=O) groups excluding carboxylic acids is 2. The quantitative estimate of drug-likeness (QED) is 0.399. The summed E-state index contributed by atoms with van der Waals surface area (Å²) in [6.07, 6.45) is 6.00. The van der Waals surface area contributed by atoms with Crippen LogP contribution in [-0.4, -0.2) is 58.3 Å². The summed E-state index contributed by atoms with van der Waals surface area (Å²) in [5, 5.41) is 21.9. The third kappa shape index (κ3) is 6.16. The topological polar surface area (TPSA) is 124 Å². The van der Waals surface area contributed by atoms with Gasteiger partial charge in [-0.3, -0.25) is 19.3 Å². The minimum Gasteiger partial charge on any atom is -0.480 e. The summed E-state index contributed by atoms with van der Waals surface area (Å²) in [5.41, 5.74) is 2.64. The minimum absolute atomic E-state index is 0.0342. The predicted molar refractivity (Wildman–Crippen MR) is 140 cm³/mol. The zero-order valence-electron chi connectivity index (χ0n) is 21.3. The molecular formula is C29H31FN2O6. The van der Waals surface area contributed by atoms with Crippen molar-refractivity contribution in [2.75, 3.05) is 18.9 Å². The lowest BCUT2D eigenvalue weighted by Crippen LogP contribution is -2.40. The van der Waals surface area contributed by atoms with Gasteiger partial charge in [0.15, 0.2) is 11.6 Å². The SMILES string of the molecule is CNc1cc(F)cc2c1CC(=O)C(C(=O)Cc1ccc(C(=O)O)cc1CN(CC(=O)O)C1CCCCC1)=C2.